The fourth-order valence-corrected chi connectivity index (χ4v) is 1.77. The Labute approximate surface area is 124 Å². The van der Waals surface area contributed by atoms with E-state index in [-0.39, 0.29) is 18.9 Å². The number of nitrogens with zero attached hydrogens (tertiary/aromatic N) is 1. The minimum atomic E-state index is -0.906. The van der Waals surface area contributed by atoms with Crippen LogP contribution in [0.1, 0.15) is 25.8 Å². The van der Waals surface area contributed by atoms with Gasteiger partial charge in [0.2, 0.25) is 5.91 Å². The number of likely N-dealkylation sites (N-methyl/N-ethyl adjacent to an activating group) is 1. The topological polar surface area (TPSA) is 66.8 Å². The van der Waals surface area contributed by atoms with E-state index in [1.54, 1.807) is 6.08 Å². The van der Waals surface area contributed by atoms with Gasteiger partial charge in [0.15, 0.2) is 0 Å². The van der Waals surface area contributed by atoms with Crippen molar-refractivity contribution >= 4 is 18.0 Å². The number of hydrogen-bond acceptors (Lipinski definition) is 3. The molecule has 0 saturated carbocycles. The number of hydrogen-bond donors (Lipinski definition) is 1. The summed E-state index contributed by atoms with van der Waals surface area (Å²) in [5, 5.41) is 8.65. The minimum absolute atomic E-state index is 0.0452. The first kappa shape index (κ1) is 16.8. The van der Waals surface area contributed by atoms with Gasteiger partial charge in [-0.3, -0.25) is 9.59 Å². The molecular formula is C16H21NO4. The maximum Gasteiger partial charge on any atom is 0.305 e. The second-order valence-electron chi connectivity index (χ2n) is 4.40. The van der Waals surface area contributed by atoms with Crippen LogP contribution in [-0.4, -0.2) is 41.6 Å². The zero-order chi connectivity index (χ0) is 15.7. The first-order valence-corrected chi connectivity index (χ1v) is 6.98. The van der Waals surface area contributed by atoms with Crippen LogP contribution in [0, 0.1) is 0 Å². The monoisotopic (exact) mass is 291 g/mol. The molecule has 0 fully saturated rings. The number of carboxylic acids is 1. The van der Waals surface area contributed by atoms with Gasteiger partial charge in [0.1, 0.15) is 5.75 Å². The molecule has 1 aromatic rings. The fourth-order valence-electron chi connectivity index (χ4n) is 1.77. The second kappa shape index (κ2) is 8.79. The van der Waals surface area contributed by atoms with Gasteiger partial charge in [0.05, 0.1) is 13.0 Å². The number of rotatable bonds is 8. The summed E-state index contributed by atoms with van der Waals surface area (Å²) in [6, 6.07) is 7.41. The van der Waals surface area contributed by atoms with Crippen molar-refractivity contribution in [1.29, 1.82) is 0 Å². The number of aliphatic carboxylic acids is 1. The van der Waals surface area contributed by atoms with Crippen LogP contribution >= 0.6 is 0 Å². The average molecular weight is 291 g/mol. The van der Waals surface area contributed by atoms with Crippen LogP contribution in [-0.2, 0) is 9.59 Å². The summed E-state index contributed by atoms with van der Waals surface area (Å²) in [4.78, 5) is 24.0. The Kier molecular flexibility index (Phi) is 7.01. The number of amides is 1. The predicted molar refractivity (Wildman–Crippen MR) is 81.2 cm³/mol. The third kappa shape index (κ3) is 6.12. The highest BCUT2D eigenvalue weighted by Gasteiger charge is 2.09. The zero-order valence-corrected chi connectivity index (χ0v) is 12.4. The van der Waals surface area contributed by atoms with E-state index in [2.05, 4.69) is 0 Å². The molecule has 0 heterocycles. The quantitative estimate of drug-likeness (QED) is 0.747. The molecule has 0 aliphatic rings. The molecule has 0 radical (unpaired) electrons. The lowest BCUT2D eigenvalue weighted by atomic mass is 10.2. The minimum Gasteiger partial charge on any atom is -0.494 e. The van der Waals surface area contributed by atoms with Crippen molar-refractivity contribution in [2.45, 2.75) is 20.3 Å². The average Bonchev–Trinajstić information content (AvgIpc) is 2.47. The Bertz CT molecular complexity index is 494. The molecule has 0 aliphatic heterocycles. The Morgan fingerprint density at radius 3 is 2.43 bits per heavy atom. The van der Waals surface area contributed by atoms with Gasteiger partial charge in [0, 0.05) is 19.2 Å². The maximum absolute atomic E-state index is 12.0. The summed E-state index contributed by atoms with van der Waals surface area (Å²) in [7, 11) is 0. The lowest BCUT2D eigenvalue weighted by molar-refractivity contribution is -0.137. The highest BCUT2D eigenvalue weighted by Crippen LogP contribution is 2.13. The fraction of sp³-hybridized carbons (Fsp3) is 0.375. The molecule has 0 saturated heterocycles. The molecule has 0 aliphatic carbocycles. The molecule has 5 nitrogen and oxygen atoms in total. The summed E-state index contributed by atoms with van der Waals surface area (Å²) in [5.41, 5.74) is 0.890. The van der Waals surface area contributed by atoms with Crippen molar-refractivity contribution in [3.05, 3.63) is 35.9 Å². The molecule has 114 valence electrons. The number of benzene rings is 1. The predicted octanol–water partition coefficient (Wildman–Crippen LogP) is 2.42. The zero-order valence-electron chi connectivity index (χ0n) is 12.4. The van der Waals surface area contributed by atoms with E-state index >= 15 is 0 Å². The van der Waals surface area contributed by atoms with Gasteiger partial charge in [0.25, 0.3) is 0 Å². The highest BCUT2D eigenvalue weighted by molar-refractivity contribution is 5.92. The maximum atomic E-state index is 12.0. The molecule has 1 amide bonds. The van der Waals surface area contributed by atoms with Gasteiger partial charge >= 0.3 is 5.97 Å². The van der Waals surface area contributed by atoms with Gasteiger partial charge in [-0.15, -0.1) is 0 Å². The third-order valence-corrected chi connectivity index (χ3v) is 2.90. The summed E-state index contributed by atoms with van der Waals surface area (Å²) in [5.74, 6) is -0.304. The second-order valence-corrected chi connectivity index (χ2v) is 4.40. The first-order valence-electron chi connectivity index (χ1n) is 6.98. The third-order valence-electron chi connectivity index (χ3n) is 2.90. The smallest absolute Gasteiger partial charge is 0.305 e. The SMILES string of the molecule is CCOc1ccc(/C=C/C(=O)N(CC)CCC(=O)O)cc1. The molecule has 21 heavy (non-hydrogen) atoms. The molecular weight excluding hydrogens is 270 g/mol. The van der Waals surface area contributed by atoms with Crippen molar-refractivity contribution in [1.82, 2.24) is 4.90 Å². The van der Waals surface area contributed by atoms with Gasteiger partial charge < -0.3 is 14.7 Å². The van der Waals surface area contributed by atoms with E-state index in [1.807, 2.05) is 38.1 Å². The molecule has 5 heteroatoms. The van der Waals surface area contributed by atoms with Crippen molar-refractivity contribution in [3.63, 3.8) is 0 Å². The van der Waals surface area contributed by atoms with Crippen LogP contribution in [0.5, 0.6) is 5.75 Å². The van der Waals surface area contributed by atoms with Gasteiger partial charge in [-0.25, -0.2) is 0 Å². The molecule has 0 atom stereocenters. The van der Waals surface area contributed by atoms with Gasteiger partial charge in [-0.2, -0.15) is 0 Å². The van der Waals surface area contributed by atoms with E-state index in [4.69, 9.17) is 9.84 Å². The lowest BCUT2D eigenvalue weighted by Gasteiger charge is -2.17. The summed E-state index contributed by atoms with van der Waals surface area (Å²) in [6.45, 7) is 5.06. The van der Waals surface area contributed by atoms with Gasteiger partial charge in [-0.05, 0) is 37.6 Å². The molecule has 0 aromatic heterocycles. The Morgan fingerprint density at radius 2 is 1.90 bits per heavy atom. The summed E-state index contributed by atoms with van der Waals surface area (Å²) < 4.78 is 5.34. The Balaban J connectivity index is 2.60. The van der Waals surface area contributed by atoms with Crippen molar-refractivity contribution in [2.75, 3.05) is 19.7 Å². The van der Waals surface area contributed by atoms with Crippen LogP contribution in [0.15, 0.2) is 30.3 Å². The van der Waals surface area contributed by atoms with E-state index in [0.717, 1.165) is 11.3 Å². The van der Waals surface area contributed by atoms with E-state index < -0.39 is 5.97 Å². The summed E-state index contributed by atoms with van der Waals surface area (Å²) >= 11 is 0. The van der Waals surface area contributed by atoms with Crippen LogP contribution < -0.4 is 4.74 Å². The van der Waals surface area contributed by atoms with Crippen molar-refractivity contribution in [3.8, 4) is 5.75 Å². The molecule has 0 unspecified atom stereocenters. The van der Waals surface area contributed by atoms with Crippen LogP contribution in [0.4, 0.5) is 0 Å². The first-order chi connectivity index (χ1) is 10.1. The molecule has 1 rings (SSSR count). The number of carboxylic acid groups (broad SMARTS) is 1. The number of carbonyl (C=O) groups excluding carboxylic acids is 1. The largest absolute Gasteiger partial charge is 0.494 e. The van der Waals surface area contributed by atoms with Crippen molar-refractivity contribution < 1.29 is 19.4 Å². The molecule has 0 bridgehead atoms. The number of ether oxygens (including phenoxy) is 1. The standard InChI is InChI=1S/C16H21NO4/c1-3-17(12-11-16(19)20)15(18)10-7-13-5-8-14(9-6-13)21-4-2/h5-10H,3-4,11-12H2,1-2H3,(H,19,20)/b10-7+. The van der Waals surface area contributed by atoms with E-state index in [0.29, 0.717) is 13.2 Å². The number of carbonyl (C=O) groups is 2. The Hall–Kier alpha value is -2.30. The van der Waals surface area contributed by atoms with Crippen LogP contribution in [0.3, 0.4) is 0 Å². The summed E-state index contributed by atoms with van der Waals surface area (Å²) in [6.07, 6.45) is 3.12. The van der Waals surface area contributed by atoms with E-state index in [1.165, 1.54) is 11.0 Å². The van der Waals surface area contributed by atoms with Crippen molar-refractivity contribution in [2.24, 2.45) is 0 Å². The Morgan fingerprint density at radius 1 is 1.24 bits per heavy atom. The molecule has 1 N–H and O–H groups in total. The molecule has 1 aromatic carbocycles. The van der Waals surface area contributed by atoms with E-state index in [9.17, 15) is 9.59 Å². The van der Waals surface area contributed by atoms with Crippen LogP contribution in [0.25, 0.3) is 6.08 Å². The van der Waals surface area contributed by atoms with Gasteiger partial charge in [-0.1, -0.05) is 12.1 Å². The van der Waals surface area contributed by atoms with Crippen LogP contribution in [0.2, 0.25) is 0 Å². The highest BCUT2D eigenvalue weighted by atomic mass is 16.5. The lowest BCUT2D eigenvalue weighted by Crippen LogP contribution is -2.31. The molecule has 0 spiro atoms. The normalized spacial score (nSPS) is 10.6.